The van der Waals surface area contributed by atoms with Gasteiger partial charge in [-0.2, -0.15) is 13.2 Å². The maximum Gasteiger partial charge on any atom is 0.416 e. The summed E-state index contributed by atoms with van der Waals surface area (Å²) in [5.41, 5.74) is -1.57. The van der Waals surface area contributed by atoms with Crippen molar-refractivity contribution in [3.63, 3.8) is 0 Å². The second-order valence-corrected chi connectivity index (χ2v) is 6.79. The van der Waals surface area contributed by atoms with E-state index in [2.05, 4.69) is 0 Å². The second kappa shape index (κ2) is 9.31. The van der Waals surface area contributed by atoms with Crippen LogP contribution in [0.4, 0.5) is 13.2 Å². The lowest BCUT2D eigenvalue weighted by Crippen LogP contribution is -2.14. The van der Waals surface area contributed by atoms with Gasteiger partial charge in [-0.05, 0) is 31.2 Å². The minimum absolute atomic E-state index is 0.0407. The Morgan fingerprint density at radius 2 is 1.91 bits per heavy atom. The van der Waals surface area contributed by atoms with Gasteiger partial charge in [0, 0.05) is 11.6 Å². The number of esters is 1. The van der Waals surface area contributed by atoms with Crippen LogP contribution in [0.2, 0.25) is 0 Å². The first-order valence-electron chi connectivity index (χ1n) is 9.53. The van der Waals surface area contributed by atoms with Gasteiger partial charge in [-0.15, -0.1) is 0 Å². The molecule has 7 nitrogen and oxygen atoms in total. The maximum absolute atomic E-state index is 13.0. The Hall–Kier alpha value is -3.53. The van der Waals surface area contributed by atoms with Gasteiger partial charge in [0.2, 0.25) is 11.2 Å². The molecule has 3 rings (SSSR count). The highest BCUT2D eigenvalue weighted by Gasteiger charge is 2.32. The van der Waals surface area contributed by atoms with Crippen LogP contribution in [0.15, 0.2) is 56.1 Å². The van der Waals surface area contributed by atoms with Crippen LogP contribution in [0.25, 0.3) is 11.3 Å². The first-order valence-corrected chi connectivity index (χ1v) is 9.53. The number of ether oxygens (including phenoxy) is 1. The van der Waals surface area contributed by atoms with Gasteiger partial charge < -0.3 is 23.8 Å². The Kier molecular flexibility index (Phi) is 6.73. The third-order valence-corrected chi connectivity index (χ3v) is 4.59. The number of aliphatic hydroxyl groups is 1. The van der Waals surface area contributed by atoms with Crippen LogP contribution in [0, 0.1) is 0 Å². The van der Waals surface area contributed by atoms with Crippen molar-refractivity contribution in [2.45, 2.75) is 32.0 Å². The molecule has 0 aliphatic rings. The largest absolute Gasteiger partial charge is 0.502 e. The summed E-state index contributed by atoms with van der Waals surface area (Å²) in [6.45, 7) is 1.03. The minimum atomic E-state index is -4.54. The standard InChI is InChI=1S/C22H19F3O7/c1-2-30-19(28)10-15(21-20(29)16(27)9-14(11-26)31-21)18-7-6-17(32-18)12-4-3-5-13(8-12)22(23,24)25/h3-9,15,26,29H,2,10-11H2,1H3/t15-/m1/s1. The molecular weight excluding hydrogens is 433 g/mol. The monoisotopic (exact) mass is 452 g/mol. The first-order chi connectivity index (χ1) is 15.1. The quantitative estimate of drug-likeness (QED) is 0.517. The molecule has 32 heavy (non-hydrogen) atoms. The molecule has 3 aromatic rings. The van der Waals surface area contributed by atoms with Gasteiger partial charge in [-0.3, -0.25) is 9.59 Å². The van der Waals surface area contributed by atoms with E-state index < -0.39 is 47.8 Å². The molecule has 2 heterocycles. The van der Waals surface area contributed by atoms with Crippen molar-refractivity contribution >= 4 is 5.97 Å². The van der Waals surface area contributed by atoms with Gasteiger partial charge in [0.1, 0.15) is 23.9 Å². The van der Waals surface area contributed by atoms with Crippen molar-refractivity contribution in [1.82, 2.24) is 0 Å². The Labute approximate surface area is 179 Å². The molecule has 0 radical (unpaired) electrons. The number of alkyl halides is 3. The second-order valence-electron chi connectivity index (χ2n) is 6.79. The lowest BCUT2D eigenvalue weighted by atomic mass is 9.98. The van der Waals surface area contributed by atoms with E-state index in [4.69, 9.17) is 13.6 Å². The smallest absolute Gasteiger partial charge is 0.416 e. The average molecular weight is 452 g/mol. The fourth-order valence-electron chi connectivity index (χ4n) is 3.12. The van der Waals surface area contributed by atoms with E-state index in [-0.39, 0.29) is 35.2 Å². The van der Waals surface area contributed by atoms with Crippen LogP contribution < -0.4 is 5.43 Å². The van der Waals surface area contributed by atoms with E-state index in [0.29, 0.717) is 0 Å². The van der Waals surface area contributed by atoms with Crippen LogP contribution in [-0.2, 0) is 22.3 Å². The van der Waals surface area contributed by atoms with Crippen molar-refractivity contribution in [3.05, 3.63) is 75.5 Å². The van der Waals surface area contributed by atoms with Gasteiger partial charge in [0.05, 0.1) is 24.5 Å². The molecule has 0 aliphatic carbocycles. The van der Waals surface area contributed by atoms with Crippen LogP contribution in [0.3, 0.4) is 0 Å². The molecule has 0 saturated carbocycles. The summed E-state index contributed by atoms with van der Waals surface area (Å²) < 4.78 is 55.1. The molecule has 0 saturated heterocycles. The third-order valence-electron chi connectivity index (χ3n) is 4.59. The van der Waals surface area contributed by atoms with Gasteiger partial charge in [0.15, 0.2) is 5.76 Å². The predicted octanol–water partition coefficient (Wildman–Crippen LogP) is 4.20. The van der Waals surface area contributed by atoms with Crippen molar-refractivity contribution < 1.29 is 41.8 Å². The molecule has 2 aromatic heterocycles. The van der Waals surface area contributed by atoms with E-state index in [1.165, 1.54) is 24.3 Å². The Morgan fingerprint density at radius 1 is 1.16 bits per heavy atom. The average Bonchev–Trinajstić information content (AvgIpc) is 3.24. The number of halogens is 3. The molecule has 0 aliphatic heterocycles. The fraction of sp³-hybridized carbons (Fsp3) is 0.273. The van der Waals surface area contributed by atoms with Gasteiger partial charge >= 0.3 is 12.1 Å². The summed E-state index contributed by atoms with van der Waals surface area (Å²) in [6, 6.07) is 8.17. The van der Waals surface area contributed by atoms with Crippen molar-refractivity contribution in [2.75, 3.05) is 6.61 Å². The Balaban J connectivity index is 2.07. The molecule has 170 valence electrons. The molecule has 10 heteroatoms. The van der Waals surface area contributed by atoms with E-state index in [1.54, 1.807) is 6.92 Å². The van der Waals surface area contributed by atoms with Gasteiger partial charge in [-0.25, -0.2) is 0 Å². The van der Waals surface area contributed by atoms with E-state index in [9.17, 15) is 33.0 Å². The summed E-state index contributed by atoms with van der Waals surface area (Å²) in [4.78, 5) is 24.2. The zero-order chi connectivity index (χ0) is 23.5. The number of carbonyl (C=O) groups excluding carboxylic acids is 1. The number of furan rings is 1. The van der Waals surface area contributed by atoms with E-state index in [0.717, 1.165) is 18.2 Å². The van der Waals surface area contributed by atoms with E-state index >= 15 is 0 Å². The topological polar surface area (TPSA) is 110 Å². The predicted molar refractivity (Wildman–Crippen MR) is 105 cm³/mol. The summed E-state index contributed by atoms with van der Waals surface area (Å²) in [5, 5.41) is 19.6. The van der Waals surface area contributed by atoms with Gasteiger partial charge in [0.25, 0.3) is 0 Å². The van der Waals surface area contributed by atoms with Crippen LogP contribution >= 0.6 is 0 Å². The molecule has 0 spiro atoms. The Bertz CT molecular complexity index is 1160. The maximum atomic E-state index is 13.0. The summed E-state index contributed by atoms with van der Waals surface area (Å²) in [5.74, 6) is -2.98. The number of aromatic hydroxyl groups is 1. The SMILES string of the molecule is CCOC(=O)C[C@H](c1ccc(-c2cccc(C(F)(F)F)c2)o1)c1oc(CO)cc(=O)c1O. The normalized spacial score (nSPS) is 12.5. The zero-order valence-electron chi connectivity index (χ0n) is 16.8. The van der Waals surface area contributed by atoms with Crippen LogP contribution in [-0.4, -0.2) is 22.8 Å². The fourth-order valence-corrected chi connectivity index (χ4v) is 3.12. The number of benzene rings is 1. The van der Waals surface area contributed by atoms with Crippen molar-refractivity contribution in [3.8, 4) is 17.1 Å². The highest BCUT2D eigenvalue weighted by atomic mass is 19.4. The lowest BCUT2D eigenvalue weighted by molar-refractivity contribution is -0.143. The van der Waals surface area contributed by atoms with Crippen LogP contribution in [0.1, 0.15) is 42.1 Å². The summed E-state index contributed by atoms with van der Waals surface area (Å²) in [7, 11) is 0. The van der Waals surface area contributed by atoms with E-state index in [1.807, 2.05) is 0 Å². The summed E-state index contributed by atoms with van der Waals surface area (Å²) >= 11 is 0. The Morgan fingerprint density at radius 3 is 2.56 bits per heavy atom. The summed E-state index contributed by atoms with van der Waals surface area (Å²) in [6.07, 6.45) is -4.94. The molecule has 0 unspecified atom stereocenters. The third kappa shape index (κ3) is 5.02. The minimum Gasteiger partial charge on any atom is -0.502 e. The van der Waals surface area contributed by atoms with Gasteiger partial charge in [-0.1, -0.05) is 12.1 Å². The molecule has 0 amide bonds. The number of rotatable bonds is 7. The number of aliphatic hydroxyl groups excluding tert-OH is 1. The number of hydrogen-bond acceptors (Lipinski definition) is 7. The lowest BCUT2D eigenvalue weighted by Gasteiger charge is -2.15. The van der Waals surface area contributed by atoms with Crippen molar-refractivity contribution in [1.29, 1.82) is 0 Å². The highest BCUT2D eigenvalue weighted by molar-refractivity contribution is 5.71. The number of hydrogen-bond donors (Lipinski definition) is 2. The molecule has 0 bridgehead atoms. The molecule has 1 atom stereocenters. The van der Waals surface area contributed by atoms with Crippen LogP contribution in [0.5, 0.6) is 5.75 Å². The molecule has 0 fully saturated rings. The molecule has 1 aromatic carbocycles. The zero-order valence-corrected chi connectivity index (χ0v) is 16.8. The first kappa shape index (κ1) is 23.1. The number of carbonyl (C=O) groups is 1. The molecule has 2 N–H and O–H groups in total. The van der Waals surface area contributed by atoms with Crippen molar-refractivity contribution in [2.24, 2.45) is 0 Å². The highest BCUT2D eigenvalue weighted by Crippen LogP contribution is 2.37. The molecular formula is C22H19F3O7.